The number of carbonyl (C=O) groups is 1. The predicted octanol–water partition coefficient (Wildman–Crippen LogP) is 2.13. The summed E-state index contributed by atoms with van der Waals surface area (Å²) in [5, 5.41) is 9.21. The fourth-order valence-corrected chi connectivity index (χ4v) is 2.49. The van der Waals surface area contributed by atoms with Gasteiger partial charge in [0.2, 0.25) is 0 Å². The number of aliphatic hydroxyl groups is 1. The quantitative estimate of drug-likeness (QED) is 0.853. The van der Waals surface area contributed by atoms with Crippen LogP contribution in [0.2, 0.25) is 0 Å². The maximum Gasteiger partial charge on any atom is 0.253 e. The van der Waals surface area contributed by atoms with E-state index in [1.54, 1.807) is 4.90 Å². The van der Waals surface area contributed by atoms with Crippen LogP contribution in [-0.4, -0.2) is 35.6 Å². The molecule has 1 fully saturated rings. The number of aliphatic hydroxyl groups excluding tert-OH is 1. The molecule has 0 spiro atoms. The SMILES string of the molecule is CN(CC1CC(O)C1)C(=O)c1ccc(I)cc1. The Morgan fingerprint density at radius 2 is 2.00 bits per heavy atom. The lowest BCUT2D eigenvalue weighted by Gasteiger charge is -2.34. The Hall–Kier alpha value is -0.620. The molecular weight excluding hydrogens is 329 g/mol. The molecule has 0 aliphatic heterocycles. The van der Waals surface area contributed by atoms with Crippen molar-refractivity contribution in [3.63, 3.8) is 0 Å². The molecule has 1 N–H and O–H groups in total. The van der Waals surface area contributed by atoms with Gasteiger partial charge in [-0.15, -0.1) is 0 Å². The van der Waals surface area contributed by atoms with E-state index in [0.29, 0.717) is 5.92 Å². The summed E-state index contributed by atoms with van der Waals surface area (Å²) >= 11 is 2.22. The Morgan fingerprint density at radius 3 is 2.53 bits per heavy atom. The Bertz CT molecular complexity index is 398. The van der Waals surface area contributed by atoms with Crippen LogP contribution in [0, 0.1) is 9.49 Å². The molecule has 3 nitrogen and oxygen atoms in total. The number of hydrogen-bond donors (Lipinski definition) is 1. The summed E-state index contributed by atoms with van der Waals surface area (Å²) in [5.74, 6) is 0.519. The summed E-state index contributed by atoms with van der Waals surface area (Å²) in [6, 6.07) is 7.59. The second-order valence-electron chi connectivity index (χ2n) is 4.68. The first-order valence-electron chi connectivity index (χ1n) is 5.75. The van der Waals surface area contributed by atoms with Crippen molar-refractivity contribution in [2.45, 2.75) is 18.9 Å². The highest BCUT2D eigenvalue weighted by Gasteiger charge is 2.29. The molecule has 1 aromatic rings. The molecule has 0 heterocycles. The van der Waals surface area contributed by atoms with Gasteiger partial charge in [0.25, 0.3) is 5.91 Å². The van der Waals surface area contributed by atoms with Gasteiger partial charge in [-0.25, -0.2) is 0 Å². The van der Waals surface area contributed by atoms with Crippen LogP contribution in [0.25, 0.3) is 0 Å². The molecule has 0 bridgehead atoms. The number of halogens is 1. The second kappa shape index (κ2) is 5.35. The van der Waals surface area contributed by atoms with E-state index in [1.165, 1.54) is 0 Å². The lowest BCUT2D eigenvalue weighted by molar-refractivity contribution is 0.0265. The summed E-state index contributed by atoms with van der Waals surface area (Å²) in [6.45, 7) is 0.738. The van der Waals surface area contributed by atoms with Gasteiger partial charge in [-0.3, -0.25) is 4.79 Å². The van der Waals surface area contributed by atoms with E-state index >= 15 is 0 Å². The van der Waals surface area contributed by atoms with E-state index in [1.807, 2.05) is 31.3 Å². The summed E-state index contributed by atoms with van der Waals surface area (Å²) < 4.78 is 1.13. The highest BCUT2D eigenvalue weighted by Crippen LogP contribution is 2.27. The third kappa shape index (κ3) is 3.19. The zero-order chi connectivity index (χ0) is 12.4. The molecule has 1 amide bonds. The summed E-state index contributed by atoms with van der Waals surface area (Å²) in [5.41, 5.74) is 0.729. The fourth-order valence-electron chi connectivity index (χ4n) is 2.13. The zero-order valence-corrected chi connectivity index (χ0v) is 11.9. The van der Waals surface area contributed by atoms with Crippen LogP contribution in [0.15, 0.2) is 24.3 Å². The van der Waals surface area contributed by atoms with Crippen molar-refractivity contribution >= 4 is 28.5 Å². The van der Waals surface area contributed by atoms with Crippen LogP contribution in [0.1, 0.15) is 23.2 Å². The lowest BCUT2D eigenvalue weighted by Crippen LogP contribution is -2.39. The third-order valence-electron chi connectivity index (χ3n) is 3.18. The molecule has 4 heteroatoms. The summed E-state index contributed by atoms with van der Waals surface area (Å²) in [7, 11) is 1.82. The van der Waals surface area contributed by atoms with E-state index in [9.17, 15) is 9.90 Å². The molecule has 1 aromatic carbocycles. The van der Waals surface area contributed by atoms with E-state index in [0.717, 1.165) is 28.5 Å². The third-order valence-corrected chi connectivity index (χ3v) is 3.90. The van der Waals surface area contributed by atoms with Gasteiger partial charge in [0.15, 0.2) is 0 Å². The van der Waals surface area contributed by atoms with Gasteiger partial charge in [-0.05, 0) is 65.6 Å². The Balaban J connectivity index is 1.92. The second-order valence-corrected chi connectivity index (χ2v) is 5.93. The van der Waals surface area contributed by atoms with E-state index in [-0.39, 0.29) is 12.0 Å². The van der Waals surface area contributed by atoms with E-state index < -0.39 is 0 Å². The van der Waals surface area contributed by atoms with Crippen molar-refractivity contribution in [2.24, 2.45) is 5.92 Å². The molecule has 1 saturated carbocycles. The average Bonchev–Trinajstić information content (AvgIpc) is 2.27. The molecule has 92 valence electrons. The molecule has 1 aliphatic rings. The minimum absolute atomic E-state index is 0.0581. The summed E-state index contributed by atoms with van der Waals surface area (Å²) in [4.78, 5) is 13.8. The van der Waals surface area contributed by atoms with Crippen molar-refractivity contribution in [1.29, 1.82) is 0 Å². The number of amides is 1. The van der Waals surface area contributed by atoms with Gasteiger partial charge < -0.3 is 10.0 Å². The van der Waals surface area contributed by atoms with E-state index in [2.05, 4.69) is 22.6 Å². The normalized spacial score (nSPS) is 23.0. The first-order valence-corrected chi connectivity index (χ1v) is 6.83. The van der Waals surface area contributed by atoms with Crippen LogP contribution in [0.5, 0.6) is 0 Å². The van der Waals surface area contributed by atoms with Crippen molar-refractivity contribution in [3.8, 4) is 0 Å². The Morgan fingerprint density at radius 1 is 1.41 bits per heavy atom. The monoisotopic (exact) mass is 345 g/mol. The molecule has 0 unspecified atom stereocenters. The number of hydrogen-bond acceptors (Lipinski definition) is 2. The van der Waals surface area contributed by atoms with Gasteiger partial charge in [0.05, 0.1) is 6.10 Å². The van der Waals surface area contributed by atoms with Crippen molar-refractivity contribution in [3.05, 3.63) is 33.4 Å². The van der Waals surface area contributed by atoms with Crippen LogP contribution in [0.3, 0.4) is 0 Å². The minimum atomic E-state index is -0.151. The maximum absolute atomic E-state index is 12.1. The standard InChI is InChI=1S/C13H16INO2/c1-15(8-9-6-12(16)7-9)13(17)10-2-4-11(14)5-3-10/h2-5,9,12,16H,6-8H2,1H3. The molecule has 17 heavy (non-hydrogen) atoms. The van der Waals surface area contributed by atoms with E-state index in [4.69, 9.17) is 0 Å². The average molecular weight is 345 g/mol. The first-order chi connectivity index (χ1) is 8.06. The first kappa shape index (κ1) is 12.8. The van der Waals surface area contributed by atoms with Gasteiger partial charge in [-0.1, -0.05) is 0 Å². The molecule has 0 atom stereocenters. The maximum atomic E-state index is 12.1. The topological polar surface area (TPSA) is 40.5 Å². The molecular formula is C13H16INO2. The predicted molar refractivity (Wildman–Crippen MR) is 74.9 cm³/mol. The number of carbonyl (C=O) groups excluding carboxylic acids is 1. The Labute approximate surface area is 115 Å². The van der Waals surface area contributed by atoms with Gasteiger partial charge >= 0.3 is 0 Å². The number of benzene rings is 1. The van der Waals surface area contributed by atoms with Crippen LogP contribution in [0.4, 0.5) is 0 Å². The number of nitrogens with zero attached hydrogens (tertiary/aromatic N) is 1. The van der Waals surface area contributed by atoms with Crippen molar-refractivity contribution in [2.75, 3.05) is 13.6 Å². The highest BCUT2D eigenvalue weighted by molar-refractivity contribution is 14.1. The van der Waals surface area contributed by atoms with Crippen LogP contribution >= 0.6 is 22.6 Å². The Kier molecular flexibility index (Phi) is 4.04. The molecule has 2 rings (SSSR count). The van der Waals surface area contributed by atoms with Gasteiger partial charge in [-0.2, -0.15) is 0 Å². The highest BCUT2D eigenvalue weighted by atomic mass is 127. The molecule has 0 aromatic heterocycles. The smallest absolute Gasteiger partial charge is 0.253 e. The van der Waals surface area contributed by atoms with Crippen LogP contribution < -0.4 is 0 Å². The fraction of sp³-hybridized carbons (Fsp3) is 0.462. The molecule has 0 radical (unpaired) electrons. The largest absolute Gasteiger partial charge is 0.393 e. The number of rotatable bonds is 3. The van der Waals surface area contributed by atoms with Gasteiger partial charge in [0, 0.05) is 22.7 Å². The van der Waals surface area contributed by atoms with Crippen molar-refractivity contribution < 1.29 is 9.90 Å². The molecule has 1 aliphatic carbocycles. The zero-order valence-electron chi connectivity index (χ0n) is 9.77. The van der Waals surface area contributed by atoms with Gasteiger partial charge in [0.1, 0.15) is 0 Å². The molecule has 0 saturated heterocycles. The lowest BCUT2D eigenvalue weighted by atomic mass is 9.82. The minimum Gasteiger partial charge on any atom is -0.393 e. The summed E-state index contributed by atoms with van der Waals surface area (Å²) in [6.07, 6.45) is 1.50. The van der Waals surface area contributed by atoms with Crippen molar-refractivity contribution in [1.82, 2.24) is 4.90 Å². The van der Waals surface area contributed by atoms with Crippen LogP contribution in [-0.2, 0) is 0 Å².